The third-order valence-corrected chi connectivity index (χ3v) is 9.63. The predicted molar refractivity (Wildman–Crippen MR) is 109 cm³/mol. The van der Waals surface area contributed by atoms with Crippen LogP contribution in [0.4, 0.5) is 0 Å². The summed E-state index contributed by atoms with van der Waals surface area (Å²) in [6, 6.07) is 10.4. The van der Waals surface area contributed by atoms with Crippen molar-refractivity contribution in [2.45, 2.75) is 77.3 Å². The summed E-state index contributed by atoms with van der Waals surface area (Å²) < 4.78 is 12.4. The minimum absolute atomic E-state index is 0.0783. The summed E-state index contributed by atoms with van der Waals surface area (Å²) in [6.45, 7) is 18.2. The number of hydrogen-bond acceptors (Lipinski definition) is 4. The van der Waals surface area contributed by atoms with Crippen LogP contribution in [0.5, 0.6) is 0 Å². The zero-order valence-corrected chi connectivity index (χ0v) is 18.2. The maximum absolute atomic E-state index is 6.41. The monoisotopic (exact) mass is 377 g/mol. The van der Waals surface area contributed by atoms with E-state index in [1.807, 2.05) is 6.07 Å². The maximum Gasteiger partial charge on any atom is 0.232 e. The van der Waals surface area contributed by atoms with Crippen molar-refractivity contribution in [1.82, 2.24) is 5.23 Å². The lowest BCUT2D eigenvalue weighted by Gasteiger charge is -2.45. The maximum atomic E-state index is 6.41. The highest BCUT2D eigenvalue weighted by Crippen LogP contribution is 2.42. The van der Waals surface area contributed by atoms with E-state index in [1.54, 1.807) is 5.23 Å². The molecule has 2 atom stereocenters. The molecule has 0 aromatic heterocycles. The summed E-state index contributed by atoms with van der Waals surface area (Å²) in [7, 11) is -2.05. The molecule has 1 fully saturated rings. The van der Waals surface area contributed by atoms with Gasteiger partial charge >= 0.3 is 0 Å². The number of hydroxylamine groups is 2. The van der Waals surface area contributed by atoms with Gasteiger partial charge in [0, 0.05) is 18.9 Å². The van der Waals surface area contributed by atoms with Gasteiger partial charge in [-0.15, -0.1) is 5.23 Å². The summed E-state index contributed by atoms with van der Waals surface area (Å²) in [5, 5.41) is 1.64. The van der Waals surface area contributed by atoms with Gasteiger partial charge in [-0.2, -0.15) is 0 Å². The first-order valence-electron chi connectivity index (χ1n) is 9.67. The standard InChI is InChI=1S/C21H35NO3Si/c1-8-9-15-23-20-16-19(18-13-11-10-12-14-18)17(2)22(24-20)25-26(6,7)21(3,4)5/h10-14,19-20H,2,8-9,15-16H2,1,3-7H3/t19-,20+/m0/s1. The molecule has 2 rings (SSSR count). The highest BCUT2D eigenvalue weighted by molar-refractivity contribution is 6.74. The second-order valence-corrected chi connectivity index (χ2v) is 13.3. The van der Waals surface area contributed by atoms with Crippen LogP contribution in [-0.2, 0) is 14.1 Å². The van der Waals surface area contributed by atoms with E-state index in [0.29, 0.717) is 6.61 Å². The van der Waals surface area contributed by atoms with Gasteiger partial charge in [0.2, 0.25) is 8.32 Å². The smallest absolute Gasteiger partial charge is 0.232 e. The first-order chi connectivity index (χ1) is 12.2. The lowest BCUT2D eigenvalue weighted by Crippen LogP contribution is -2.50. The van der Waals surface area contributed by atoms with E-state index in [9.17, 15) is 0 Å². The van der Waals surface area contributed by atoms with Crippen LogP contribution in [-0.4, -0.2) is 26.4 Å². The van der Waals surface area contributed by atoms with Gasteiger partial charge in [0.15, 0.2) is 6.29 Å². The Kier molecular flexibility index (Phi) is 7.08. The minimum atomic E-state index is -2.05. The van der Waals surface area contributed by atoms with Crippen molar-refractivity contribution in [3.8, 4) is 0 Å². The molecule has 0 radical (unpaired) electrons. The van der Waals surface area contributed by atoms with Crippen LogP contribution in [0.25, 0.3) is 0 Å². The third-order valence-electron chi connectivity index (χ3n) is 5.40. The average Bonchev–Trinajstić information content (AvgIpc) is 2.57. The van der Waals surface area contributed by atoms with Gasteiger partial charge in [-0.05, 0) is 30.1 Å². The Hall–Kier alpha value is -1.14. The molecule has 4 nitrogen and oxygen atoms in total. The van der Waals surface area contributed by atoms with Crippen molar-refractivity contribution in [1.29, 1.82) is 0 Å². The Balaban J connectivity index is 2.20. The zero-order chi connectivity index (χ0) is 19.4. The molecule has 5 heteroatoms. The SMILES string of the molecule is C=C1[C@@H](c2ccccc2)C[C@H](OCCCC)ON1O[Si](C)(C)C(C)(C)C. The van der Waals surface area contributed by atoms with Crippen molar-refractivity contribution in [3.63, 3.8) is 0 Å². The van der Waals surface area contributed by atoms with Gasteiger partial charge in [-0.3, -0.25) is 4.53 Å². The molecule has 0 amide bonds. The number of hydrogen-bond donors (Lipinski definition) is 0. The summed E-state index contributed by atoms with van der Waals surface area (Å²) in [5.41, 5.74) is 2.06. The Labute approximate surface area is 160 Å². The molecular formula is C21H35NO3Si. The van der Waals surface area contributed by atoms with E-state index in [4.69, 9.17) is 14.1 Å². The highest BCUT2D eigenvalue weighted by Gasteiger charge is 2.43. The van der Waals surface area contributed by atoms with Crippen LogP contribution >= 0.6 is 0 Å². The van der Waals surface area contributed by atoms with Crippen molar-refractivity contribution >= 4 is 8.32 Å². The summed E-state index contributed by atoms with van der Waals surface area (Å²) >= 11 is 0. The summed E-state index contributed by atoms with van der Waals surface area (Å²) in [5.74, 6) is 0.126. The number of nitrogens with zero attached hydrogens (tertiary/aromatic N) is 1. The van der Waals surface area contributed by atoms with Crippen LogP contribution < -0.4 is 0 Å². The molecular weight excluding hydrogens is 342 g/mol. The molecule has 26 heavy (non-hydrogen) atoms. The second-order valence-electron chi connectivity index (χ2n) is 8.56. The molecule has 0 spiro atoms. The van der Waals surface area contributed by atoms with Crippen molar-refractivity contribution in [3.05, 3.63) is 48.2 Å². The molecule has 1 saturated heterocycles. The van der Waals surface area contributed by atoms with Crippen LogP contribution in [0.2, 0.25) is 18.1 Å². The fraction of sp³-hybridized carbons (Fsp3) is 0.619. The minimum Gasteiger partial charge on any atom is -0.350 e. The number of rotatable bonds is 7. The molecule has 1 aliphatic heterocycles. The van der Waals surface area contributed by atoms with Crippen molar-refractivity contribution in [2.75, 3.05) is 6.61 Å². The molecule has 1 aromatic carbocycles. The van der Waals surface area contributed by atoms with Crippen molar-refractivity contribution < 1.29 is 14.1 Å². The molecule has 0 unspecified atom stereocenters. The fourth-order valence-corrected chi connectivity index (χ4v) is 3.42. The molecule has 0 N–H and O–H groups in total. The molecule has 0 saturated carbocycles. The zero-order valence-electron chi connectivity index (χ0n) is 17.2. The first-order valence-corrected chi connectivity index (χ1v) is 12.6. The van der Waals surface area contributed by atoms with Gasteiger partial charge in [0.25, 0.3) is 0 Å². The van der Waals surface area contributed by atoms with Gasteiger partial charge in [-0.1, -0.05) is 71.0 Å². The van der Waals surface area contributed by atoms with E-state index < -0.39 is 8.32 Å². The summed E-state index contributed by atoms with van der Waals surface area (Å²) in [6.07, 6.45) is 2.57. The van der Waals surface area contributed by atoms with E-state index in [1.165, 1.54) is 5.56 Å². The van der Waals surface area contributed by atoms with E-state index >= 15 is 0 Å². The molecule has 1 aromatic rings. The van der Waals surface area contributed by atoms with E-state index in [2.05, 4.69) is 71.6 Å². The van der Waals surface area contributed by atoms with Gasteiger partial charge < -0.3 is 4.74 Å². The molecule has 146 valence electrons. The lowest BCUT2D eigenvalue weighted by molar-refractivity contribution is -0.386. The number of ether oxygens (including phenoxy) is 1. The van der Waals surface area contributed by atoms with E-state index in [-0.39, 0.29) is 17.2 Å². The first kappa shape index (κ1) is 21.2. The fourth-order valence-electron chi connectivity index (χ4n) is 2.57. The van der Waals surface area contributed by atoms with E-state index in [0.717, 1.165) is 25.0 Å². The average molecular weight is 378 g/mol. The summed E-state index contributed by atoms with van der Waals surface area (Å²) in [4.78, 5) is 6.05. The van der Waals surface area contributed by atoms with Gasteiger partial charge in [0.05, 0.1) is 5.70 Å². The molecule has 1 heterocycles. The van der Waals surface area contributed by atoms with Crippen molar-refractivity contribution in [2.24, 2.45) is 0 Å². The second kappa shape index (κ2) is 8.70. The predicted octanol–water partition coefficient (Wildman–Crippen LogP) is 6.00. The normalized spacial score (nSPS) is 21.9. The van der Waals surface area contributed by atoms with Crippen LogP contribution in [0.1, 0.15) is 58.4 Å². The molecule has 1 aliphatic rings. The highest BCUT2D eigenvalue weighted by atomic mass is 28.4. The Morgan fingerprint density at radius 1 is 1.23 bits per heavy atom. The Morgan fingerprint density at radius 3 is 2.46 bits per heavy atom. The Bertz CT molecular complexity index is 583. The lowest BCUT2D eigenvalue weighted by atomic mass is 9.92. The van der Waals surface area contributed by atoms with Crippen LogP contribution in [0.3, 0.4) is 0 Å². The third kappa shape index (κ3) is 5.19. The van der Waals surface area contributed by atoms with Crippen LogP contribution in [0, 0.1) is 0 Å². The number of allylic oxidation sites excluding steroid dienone is 1. The quantitative estimate of drug-likeness (QED) is 0.431. The van der Waals surface area contributed by atoms with Gasteiger partial charge in [0.1, 0.15) is 0 Å². The van der Waals surface area contributed by atoms with Gasteiger partial charge in [-0.25, -0.2) is 4.84 Å². The van der Waals surface area contributed by atoms with Crippen LogP contribution in [0.15, 0.2) is 42.6 Å². The molecule has 0 bridgehead atoms. The number of benzene rings is 1. The largest absolute Gasteiger partial charge is 0.350 e. The molecule has 0 aliphatic carbocycles. The number of unbranched alkanes of at least 4 members (excludes halogenated alkanes) is 1. The Morgan fingerprint density at radius 2 is 1.88 bits per heavy atom. The topological polar surface area (TPSA) is 30.9 Å².